The van der Waals surface area contributed by atoms with Crippen LogP contribution in [0.3, 0.4) is 0 Å². The zero-order valence-corrected chi connectivity index (χ0v) is 28.6. The van der Waals surface area contributed by atoms with Crippen LogP contribution in [0.4, 0.5) is 14.5 Å². The van der Waals surface area contributed by atoms with Crippen molar-refractivity contribution in [2.45, 2.75) is 57.6 Å². The van der Waals surface area contributed by atoms with Crippen LogP contribution >= 0.6 is 0 Å². The van der Waals surface area contributed by atoms with Crippen LogP contribution in [-0.2, 0) is 19.5 Å². The second-order valence-corrected chi connectivity index (χ2v) is 13.7. The third kappa shape index (κ3) is 11.5. The van der Waals surface area contributed by atoms with Crippen molar-refractivity contribution in [2.75, 3.05) is 37.9 Å². The number of carbonyl (C=O) groups excluding carboxylic acids is 2. The lowest BCUT2D eigenvalue weighted by Gasteiger charge is -2.28. The Kier molecular flexibility index (Phi) is 13.8. The highest BCUT2D eigenvalue weighted by Crippen LogP contribution is 2.23. The molecule has 0 unspecified atom stereocenters. The van der Waals surface area contributed by atoms with E-state index in [1.807, 2.05) is 44.2 Å². The van der Waals surface area contributed by atoms with E-state index in [1.54, 1.807) is 6.92 Å². The Hall–Kier alpha value is -4.11. The molecule has 3 N–H and O–H groups in total. The van der Waals surface area contributed by atoms with Gasteiger partial charge in [0.05, 0.1) is 48.9 Å². The van der Waals surface area contributed by atoms with Gasteiger partial charge in [0.15, 0.2) is 0 Å². The molecule has 0 fully saturated rings. The first kappa shape index (κ1) is 38.3. The van der Waals surface area contributed by atoms with Crippen molar-refractivity contribution in [2.24, 2.45) is 0 Å². The number of benzene rings is 3. The molecule has 262 valence electrons. The Morgan fingerprint density at radius 1 is 0.896 bits per heavy atom. The third-order valence-corrected chi connectivity index (χ3v) is 8.66. The maximum Gasteiger partial charge on any atom is 0.251 e. The van der Waals surface area contributed by atoms with Gasteiger partial charge in [-0.05, 0) is 44.5 Å². The number of halogens is 2. The summed E-state index contributed by atoms with van der Waals surface area (Å²) in [5.41, 5.74) is 0.777. The number of ether oxygens (including phenoxy) is 3. The van der Waals surface area contributed by atoms with E-state index in [9.17, 15) is 31.9 Å². The van der Waals surface area contributed by atoms with Crippen LogP contribution in [0.15, 0.2) is 66.7 Å². The van der Waals surface area contributed by atoms with Gasteiger partial charge in [0.25, 0.3) is 11.8 Å². The fraction of sp³-hybridized carbons (Fsp3) is 0.412. The van der Waals surface area contributed by atoms with Crippen LogP contribution in [0.25, 0.3) is 0 Å². The summed E-state index contributed by atoms with van der Waals surface area (Å²) in [6.45, 7) is 5.18. The maximum atomic E-state index is 13.8. The van der Waals surface area contributed by atoms with Crippen LogP contribution < -0.4 is 19.7 Å². The first-order chi connectivity index (χ1) is 22.6. The molecular formula is C34H43F2N3O8S. The lowest BCUT2D eigenvalue weighted by molar-refractivity contribution is -0.0421. The van der Waals surface area contributed by atoms with Crippen LogP contribution in [0.5, 0.6) is 5.75 Å². The molecule has 0 aliphatic carbocycles. The molecule has 48 heavy (non-hydrogen) atoms. The summed E-state index contributed by atoms with van der Waals surface area (Å²) < 4.78 is 70.0. The Balaban J connectivity index is 1.94. The number of nitrogens with zero attached hydrogens (tertiary/aromatic N) is 1. The van der Waals surface area contributed by atoms with Crippen molar-refractivity contribution >= 4 is 27.5 Å². The highest BCUT2D eigenvalue weighted by atomic mass is 32.2. The van der Waals surface area contributed by atoms with Crippen LogP contribution in [0, 0.1) is 11.6 Å². The highest BCUT2D eigenvalue weighted by molar-refractivity contribution is 7.92. The van der Waals surface area contributed by atoms with Gasteiger partial charge in [-0.2, -0.15) is 0 Å². The number of nitrogens with one attached hydrogen (secondary N) is 2. The minimum absolute atomic E-state index is 0.00444. The van der Waals surface area contributed by atoms with Gasteiger partial charge in [-0.1, -0.05) is 30.3 Å². The van der Waals surface area contributed by atoms with Crippen molar-refractivity contribution < 1.29 is 46.1 Å². The number of amides is 2. The van der Waals surface area contributed by atoms with Crippen molar-refractivity contribution in [3.05, 3.63) is 95.1 Å². The molecule has 0 heterocycles. The van der Waals surface area contributed by atoms with Crippen LogP contribution in [0.1, 0.15) is 59.5 Å². The number of sulfonamides is 1. The topological polar surface area (TPSA) is 144 Å². The number of hydrogen-bond acceptors (Lipinski definition) is 8. The van der Waals surface area contributed by atoms with E-state index in [0.717, 1.165) is 28.3 Å². The molecule has 0 bridgehead atoms. The van der Waals surface area contributed by atoms with Crippen molar-refractivity contribution in [1.29, 1.82) is 0 Å². The molecule has 14 heteroatoms. The predicted molar refractivity (Wildman–Crippen MR) is 178 cm³/mol. The molecule has 0 aromatic heterocycles. The Morgan fingerprint density at radius 3 is 2.02 bits per heavy atom. The molecule has 3 aromatic carbocycles. The van der Waals surface area contributed by atoms with Crippen molar-refractivity contribution in [3.63, 3.8) is 0 Å². The van der Waals surface area contributed by atoms with Crippen molar-refractivity contribution in [1.82, 2.24) is 10.6 Å². The summed E-state index contributed by atoms with van der Waals surface area (Å²) in [4.78, 5) is 27.1. The first-order valence-electron chi connectivity index (χ1n) is 15.2. The minimum Gasteiger partial charge on any atom is -0.491 e. The van der Waals surface area contributed by atoms with Gasteiger partial charge >= 0.3 is 0 Å². The van der Waals surface area contributed by atoms with Gasteiger partial charge in [0, 0.05) is 49.9 Å². The molecule has 0 spiro atoms. The smallest absolute Gasteiger partial charge is 0.251 e. The Labute approximate surface area is 280 Å². The lowest BCUT2D eigenvalue weighted by atomic mass is 10.0. The molecule has 2 amide bonds. The number of methoxy groups -OCH3 is 1. The monoisotopic (exact) mass is 691 g/mol. The van der Waals surface area contributed by atoms with E-state index in [0.29, 0.717) is 6.07 Å². The van der Waals surface area contributed by atoms with E-state index in [-0.39, 0.29) is 41.7 Å². The average Bonchev–Trinajstić information content (AvgIpc) is 3.03. The van der Waals surface area contributed by atoms with Gasteiger partial charge in [-0.3, -0.25) is 13.9 Å². The minimum atomic E-state index is -3.79. The highest BCUT2D eigenvalue weighted by Gasteiger charge is 2.28. The molecule has 0 radical (unpaired) electrons. The number of carbonyl (C=O) groups is 2. The number of rotatable bonds is 17. The quantitative estimate of drug-likeness (QED) is 0.191. The number of hydrogen-bond donors (Lipinski definition) is 3. The predicted octanol–water partition coefficient (Wildman–Crippen LogP) is 4.22. The van der Waals surface area contributed by atoms with E-state index in [1.165, 1.54) is 32.4 Å². The largest absolute Gasteiger partial charge is 0.491 e. The second-order valence-electron chi connectivity index (χ2n) is 11.6. The molecule has 0 saturated carbocycles. The normalized spacial score (nSPS) is 14.1. The summed E-state index contributed by atoms with van der Waals surface area (Å²) >= 11 is 0. The van der Waals surface area contributed by atoms with E-state index >= 15 is 0 Å². The first-order valence-corrected chi connectivity index (χ1v) is 17.1. The van der Waals surface area contributed by atoms with Gasteiger partial charge in [-0.15, -0.1) is 0 Å². The molecule has 0 aliphatic heterocycles. The van der Waals surface area contributed by atoms with Gasteiger partial charge < -0.3 is 30.0 Å². The molecule has 0 aliphatic rings. The van der Waals surface area contributed by atoms with Gasteiger partial charge in [0.1, 0.15) is 24.0 Å². The summed E-state index contributed by atoms with van der Waals surface area (Å²) in [7, 11) is -1.07. The number of anilines is 1. The van der Waals surface area contributed by atoms with Crippen molar-refractivity contribution in [3.8, 4) is 5.75 Å². The van der Waals surface area contributed by atoms with E-state index < -0.39 is 64.4 Å². The average molecular weight is 692 g/mol. The van der Waals surface area contributed by atoms with Gasteiger partial charge in [0.2, 0.25) is 10.0 Å². The standard InChI is InChI=1S/C34H43F2N3O8S/c1-21(2)46-19-30(45-5)18-32(40)31(20-47-29-16-26(35)15-27(36)17-29)38-34(42)25-12-24(13-28(14-25)39(4)48(6,43)44)33(41)37-22(3)23-10-8-7-9-11-23/h7-17,21-22,30-32,40H,18-20H2,1-6H3,(H,37,41)(H,38,42)/t22-,30-,31+,32+/m1/s1. The van der Waals surface area contributed by atoms with Crippen LogP contribution in [0.2, 0.25) is 0 Å². The summed E-state index contributed by atoms with van der Waals surface area (Å²) in [5.74, 6) is -3.28. The Bertz CT molecular complexity index is 1620. The van der Waals surface area contributed by atoms with Crippen LogP contribution in [-0.4, -0.2) is 83.3 Å². The number of aliphatic hydroxyl groups excluding tert-OH is 1. The SMILES string of the molecule is CO[C@@H](COC(C)C)C[C@H](O)[C@H](COc1cc(F)cc(F)c1)NC(=O)c1cc(C(=O)N[C@H](C)c2ccccc2)cc(N(C)S(C)(=O)=O)c1. The van der Waals surface area contributed by atoms with E-state index in [2.05, 4.69) is 10.6 Å². The molecular weight excluding hydrogens is 648 g/mol. The summed E-state index contributed by atoms with van der Waals surface area (Å²) in [6, 6.07) is 14.1. The lowest BCUT2D eigenvalue weighted by Crippen LogP contribution is -2.48. The molecule has 3 aromatic rings. The summed E-state index contributed by atoms with van der Waals surface area (Å²) in [6.07, 6.45) is -1.03. The fourth-order valence-electron chi connectivity index (χ4n) is 4.62. The molecule has 0 saturated heterocycles. The molecule has 11 nitrogen and oxygen atoms in total. The maximum absolute atomic E-state index is 13.8. The number of aliphatic hydroxyl groups is 1. The fourth-order valence-corrected chi connectivity index (χ4v) is 5.10. The Morgan fingerprint density at radius 2 is 1.48 bits per heavy atom. The molecule has 4 atom stereocenters. The zero-order chi connectivity index (χ0) is 35.6. The molecule has 3 rings (SSSR count). The zero-order valence-electron chi connectivity index (χ0n) is 27.8. The summed E-state index contributed by atoms with van der Waals surface area (Å²) in [5, 5.41) is 16.7. The van der Waals surface area contributed by atoms with E-state index in [4.69, 9.17) is 14.2 Å². The second kappa shape index (κ2) is 17.3. The third-order valence-electron chi connectivity index (χ3n) is 7.45. The van der Waals surface area contributed by atoms with Gasteiger partial charge in [-0.25, -0.2) is 17.2 Å².